The van der Waals surface area contributed by atoms with Crippen LogP contribution >= 0.6 is 11.8 Å². The summed E-state index contributed by atoms with van der Waals surface area (Å²) < 4.78 is 4.86. The summed E-state index contributed by atoms with van der Waals surface area (Å²) in [6, 6.07) is 8.38. The monoisotopic (exact) mass is 390 g/mol. The third-order valence-electron chi connectivity index (χ3n) is 3.23. The van der Waals surface area contributed by atoms with Gasteiger partial charge in [-0.3, -0.25) is 14.4 Å². The van der Waals surface area contributed by atoms with Gasteiger partial charge in [-0.1, -0.05) is 17.3 Å². The standard InChI is InChI=1S/C18H22N4O4S/c1-11(2)19-18(25)13-6-4-5-7-14(13)20-16(23)9-27-10-17(24)21-15-8-12(3)26-22-15/h4-8,11H,9-10H2,1-3H3,(H,19,25)(H,20,23)(H,21,22,24). The van der Waals surface area contributed by atoms with Crippen molar-refractivity contribution >= 4 is 41.0 Å². The maximum absolute atomic E-state index is 12.2. The van der Waals surface area contributed by atoms with Crippen LogP contribution in [0.2, 0.25) is 0 Å². The van der Waals surface area contributed by atoms with E-state index >= 15 is 0 Å². The van der Waals surface area contributed by atoms with Crippen LogP contribution < -0.4 is 16.0 Å². The van der Waals surface area contributed by atoms with Crippen LogP contribution in [0, 0.1) is 6.92 Å². The Hall–Kier alpha value is -2.81. The van der Waals surface area contributed by atoms with Crippen LogP contribution in [0.1, 0.15) is 30.0 Å². The van der Waals surface area contributed by atoms with Crippen LogP contribution in [-0.4, -0.2) is 40.4 Å². The summed E-state index contributed by atoms with van der Waals surface area (Å²) in [5.74, 6) is 0.272. The van der Waals surface area contributed by atoms with E-state index < -0.39 is 0 Å². The third kappa shape index (κ3) is 6.78. The molecule has 2 rings (SSSR count). The van der Waals surface area contributed by atoms with Gasteiger partial charge in [0.05, 0.1) is 22.8 Å². The van der Waals surface area contributed by atoms with E-state index in [1.807, 2.05) is 13.8 Å². The number of anilines is 2. The molecule has 3 amide bonds. The molecule has 0 atom stereocenters. The average molecular weight is 390 g/mol. The van der Waals surface area contributed by atoms with Gasteiger partial charge in [-0.05, 0) is 32.9 Å². The van der Waals surface area contributed by atoms with Crippen LogP contribution in [0.25, 0.3) is 0 Å². The first-order valence-electron chi connectivity index (χ1n) is 8.36. The Kier molecular flexibility index (Phi) is 7.42. The zero-order chi connectivity index (χ0) is 19.8. The van der Waals surface area contributed by atoms with E-state index in [9.17, 15) is 14.4 Å². The molecule has 3 N–H and O–H groups in total. The lowest BCUT2D eigenvalue weighted by Gasteiger charge is -2.13. The molecule has 0 bridgehead atoms. The zero-order valence-corrected chi connectivity index (χ0v) is 16.2. The van der Waals surface area contributed by atoms with Crippen molar-refractivity contribution in [3.05, 3.63) is 41.7 Å². The second kappa shape index (κ2) is 9.77. The van der Waals surface area contributed by atoms with Gasteiger partial charge in [0.1, 0.15) is 5.76 Å². The number of para-hydroxylation sites is 1. The van der Waals surface area contributed by atoms with Gasteiger partial charge in [0.2, 0.25) is 11.8 Å². The molecule has 1 aromatic heterocycles. The molecule has 144 valence electrons. The minimum atomic E-state index is -0.296. The minimum absolute atomic E-state index is 0.0103. The highest BCUT2D eigenvalue weighted by molar-refractivity contribution is 8.00. The molecular weight excluding hydrogens is 368 g/mol. The Bertz CT molecular complexity index is 819. The number of hydrogen-bond donors (Lipinski definition) is 3. The van der Waals surface area contributed by atoms with E-state index in [0.29, 0.717) is 22.8 Å². The van der Waals surface area contributed by atoms with Crippen molar-refractivity contribution in [2.24, 2.45) is 0 Å². The Morgan fingerprint density at radius 3 is 2.41 bits per heavy atom. The van der Waals surface area contributed by atoms with Crippen LogP contribution in [0.15, 0.2) is 34.9 Å². The van der Waals surface area contributed by atoms with Crippen molar-refractivity contribution in [3.63, 3.8) is 0 Å². The number of carbonyl (C=O) groups excluding carboxylic acids is 3. The lowest BCUT2D eigenvalue weighted by Crippen LogP contribution is -2.31. The normalized spacial score (nSPS) is 10.5. The van der Waals surface area contributed by atoms with E-state index in [-0.39, 0.29) is 35.3 Å². The van der Waals surface area contributed by atoms with Crippen LogP contribution in [0.5, 0.6) is 0 Å². The number of carbonyl (C=O) groups is 3. The summed E-state index contributed by atoms with van der Waals surface area (Å²) in [4.78, 5) is 36.1. The van der Waals surface area contributed by atoms with Gasteiger partial charge in [-0.2, -0.15) is 0 Å². The Labute approximate surface area is 161 Å². The quantitative estimate of drug-likeness (QED) is 0.638. The zero-order valence-electron chi connectivity index (χ0n) is 15.4. The fourth-order valence-electron chi connectivity index (χ4n) is 2.16. The summed E-state index contributed by atoms with van der Waals surface area (Å²) in [5.41, 5.74) is 0.826. The smallest absolute Gasteiger partial charge is 0.253 e. The highest BCUT2D eigenvalue weighted by Gasteiger charge is 2.14. The van der Waals surface area contributed by atoms with E-state index in [1.54, 1.807) is 37.3 Å². The number of thioether (sulfide) groups is 1. The Morgan fingerprint density at radius 1 is 1.11 bits per heavy atom. The van der Waals surface area contributed by atoms with Crippen LogP contribution in [0.3, 0.4) is 0 Å². The first-order valence-corrected chi connectivity index (χ1v) is 9.51. The molecule has 0 saturated carbocycles. The molecule has 0 radical (unpaired) electrons. The summed E-state index contributed by atoms with van der Waals surface area (Å²) in [6.07, 6.45) is 0. The topological polar surface area (TPSA) is 113 Å². The van der Waals surface area contributed by atoms with Gasteiger partial charge in [-0.25, -0.2) is 0 Å². The lowest BCUT2D eigenvalue weighted by molar-refractivity contribution is -0.114. The van der Waals surface area contributed by atoms with Gasteiger partial charge < -0.3 is 20.5 Å². The highest BCUT2D eigenvalue weighted by Crippen LogP contribution is 2.16. The maximum Gasteiger partial charge on any atom is 0.253 e. The molecule has 0 unspecified atom stereocenters. The maximum atomic E-state index is 12.2. The number of nitrogens with one attached hydrogen (secondary N) is 3. The molecule has 9 heteroatoms. The minimum Gasteiger partial charge on any atom is -0.360 e. The summed E-state index contributed by atoms with van der Waals surface area (Å²) >= 11 is 1.16. The number of aromatic nitrogens is 1. The molecule has 1 aromatic carbocycles. The van der Waals surface area contributed by atoms with Gasteiger partial charge in [-0.15, -0.1) is 11.8 Å². The predicted molar refractivity (Wildman–Crippen MR) is 105 cm³/mol. The third-order valence-corrected chi connectivity index (χ3v) is 4.16. The van der Waals surface area contributed by atoms with Crippen molar-refractivity contribution in [2.75, 3.05) is 22.1 Å². The molecule has 1 heterocycles. The Balaban J connectivity index is 1.82. The van der Waals surface area contributed by atoms with E-state index in [1.165, 1.54) is 0 Å². The fraction of sp³-hybridized carbons (Fsp3) is 0.333. The average Bonchev–Trinajstić information content (AvgIpc) is 2.99. The Morgan fingerprint density at radius 2 is 1.78 bits per heavy atom. The largest absolute Gasteiger partial charge is 0.360 e. The first-order chi connectivity index (χ1) is 12.8. The lowest BCUT2D eigenvalue weighted by atomic mass is 10.1. The molecule has 0 saturated heterocycles. The number of benzene rings is 1. The molecule has 2 aromatic rings. The summed E-state index contributed by atoms with van der Waals surface area (Å²) in [6.45, 7) is 5.45. The highest BCUT2D eigenvalue weighted by atomic mass is 32.2. The van der Waals surface area contributed by atoms with Crippen molar-refractivity contribution in [1.29, 1.82) is 0 Å². The van der Waals surface area contributed by atoms with Gasteiger partial charge in [0, 0.05) is 12.1 Å². The van der Waals surface area contributed by atoms with Gasteiger partial charge in [0.15, 0.2) is 5.82 Å². The second-order valence-electron chi connectivity index (χ2n) is 6.09. The summed E-state index contributed by atoms with van der Waals surface area (Å²) in [7, 11) is 0. The number of rotatable bonds is 8. The molecule has 0 aliphatic carbocycles. The predicted octanol–water partition coefficient (Wildman–Crippen LogP) is 2.43. The van der Waals surface area contributed by atoms with Crippen LogP contribution in [-0.2, 0) is 9.59 Å². The van der Waals surface area contributed by atoms with Crippen molar-refractivity contribution in [1.82, 2.24) is 10.5 Å². The SMILES string of the molecule is Cc1cc(NC(=O)CSCC(=O)Nc2ccccc2C(=O)NC(C)C)no1. The number of aryl methyl sites for hydroxylation is 1. The molecule has 0 aliphatic heterocycles. The van der Waals surface area contributed by atoms with E-state index in [0.717, 1.165) is 11.8 Å². The molecule has 0 aliphatic rings. The van der Waals surface area contributed by atoms with Crippen LogP contribution in [0.4, 0.5) is 11.5 Å². The van der Waals surface area contributed by atoms with E-state index in [2.05, 4.69) is 21.1 Å². The van der Waals surface area contributed by atoms with Gasteiger partial charge >= 0.3 is 0 Å². The molecular formula is C18H22N4O4S. The second-order valence-corrected chi connectivity index (χ2v) is 7.07. The van der Waals surface area contributed by atoms with E-state index in [4.69, 9.17) is 4.52 Å². The fourth-order valence-corrected chi connectivity index (χ4v) is 2.77. The first kappa shape index (κ1) is 20.5. The molecule has 0 fully saturated rings. The molecule has 0 spiro atoms. The number of amides is 3. The summed E-state index contributed by atoms with van der Waals surface area (Å²) in [5, 5.41) is 11.8. The number of nitrogens with zero attached hydrogens (tertiary/aromatic N) is 1. The van der Waals surface area contributed by atoms with Crippen molar-refractivity contribution in [3.8, 4) is 0 Å². The molecule has 8 nitrogen and oxygen atoms in total. The number of hydrogen-bond acceptors (Lipinski definition) is 6. The van der Waals surface area contributed by atoms with Crippen molar-refractivity contribution in [2.45, 2.75) is 26.8 Å². The molecule has 27 heavy (non-hydrogen) atoms. The van der Waals surface area contributed by atoms with Gasteiger partial charge in [0.25, 0.3) is 5.91 Å². The van der Waals surface area contributed by atoms with Crippen molar-refractivity contribution < 1.29 is 18.9 Å².